The quantitative estimate of drug-likeness (QED) is 0.793. The van der Waals surface area contributed by atoms with Gasteiger partial charge in [0.05, 0.1) is 4.90 Å². The van der Waals surface area contributed by atoms with E-state index in [4.69, 9.17) is 0 Å². The van der Waals surface area contributed by atoms with Gasteiger partial charge in [0.25, 0.3) is 0 Å². The Morgan fingerprint density at radius 1 is 1.21 bits per heavy atom. The van der Waals surface area contributed by atoms with Crippen molar-refractivity contribution >= 4 is 26.5 Å². The van der Waals surface area contributed by atoms with Crippen molar-refractivity contribution in [1.29, 1.82) is 0 Å². The molecule has 0 heterocycles. The summed E-state index contributed by atoms with van der Waals surface area (Å²) in [5, 5.41) is 3.09. The van der Waals surface area contributed by atoms with Gasteiger partial charge in [0.1, 0.15) is 0 Å². The van der Waals surface area contributed by atoms with Crippen molar-refractivity contribution in [2.45, 2.75) is 24.8 Å². The highest BCUT2D eigenvalue weighted by Crippen LogP contribution is 2.14. The summed E-state index contributed by atoms with van der Waals surface area (Å²) in [5.74, 6) is 0.564. The Labute approximate surface area is 117 Å². The summed E-state index contributed by atoms with van der Waals surface area (Å²) in [6, 6.07) is 6.37. The van der Waals surface area contributed by atoms with Gasteiger partial charge in [-0.2, -0.15) is 0 Å². The minimum atomic E-state index is -3.44. The number of rotatable bonds is 7. The maximum atomic E-state index is 11.9. The van der Waals surface area contributed by atoms with Crippen LogP contribution in [-0.4, -0.2) is 37.2 Å². The van der Waals surface area contributed by atoms with Crippen LogP contribution in [0.4, 0.5) is 5.69 Å². The number of hydrogen-bond donors (Lipinski definition) is 2. The van der Waals surface area contributed by atoms with Gasteiger partial charge in [0, 0.05) is 41.1 Å². The second-order valence-electron chi connectivity index (χ2n) is 4.50. The minimum Gasteiger partial charge on any atom is -0.384 e. The fourth-order valence-electron chi connectivity index (χ4n) is 1.47. The molecule has 0 aromatic heterocycles. The van der Waals surface area contributed by atoms with Gasteiger partial charge in [0.2, 0.25) is 10.0 Å². The first-order chi connectivity index (χ1) is 8.81. The van der Waals surface area contributed by atoms with Gasteiger partial charge in [-0.05, 0) is 38.1 Å². The van der Waals surface area contributed by atoms with Gasteiger partial charge in [-0.1, -0.05) is 0 Å². The Kier molecular flexibility index (Phi) is 5.96. The summed E-state index contributed by atoms with van der Waals surface area (Å²) in [6.45, 7) is 4.15. The first-order valence-corrected chi connectivity index (χ1v) is 9.18. The predicted octanol–water partition coefficient (Wildman–Crippen LogP) is 1.16. The van der Waals surface area contributed by atoms with Gasteiger partial charge < -0.3 is 5.32 Å². The number of nitrogens with one attached hydrogen (secondary N) is 2. The molecule has 1 rings (SSSR count). The van der Waals surface area contributed by atoms with Crippen LogP contribution in [0.2, 0.25) is 0 Å². The monoisotopic (exact) mass is 304 g/mol. The SMILES string of the molecule is CC(C)NS(=O)(=O)c1ccc(NCCS(C)=O)cc1. The molecule has 0 saturated carbocycles. The van der Waals surface area contributed by atoms with E-state index < -0.39 is 20.8 Å². The maximum absolute atomic E-state index is 11.9. The minimum absolute atomic E-state index is 0.137. The van der Waals surface area contributed by atoms with Gasteiger partial charge in [-0.25, -0.2) is 13.1 Å². The van der Waals surface area contributed by atoms with Crippen LogP contribution in [-0.2, 0) is 20.8 Å². The summed E-state index contributed by atoms with van der Waals surface area (Å²) in [5.41, 5.74) is 0.814. The van der Waals surface area contributed by atoms with E-state index in [0.717, 1.165) is 5.69 Å². The summed E-state index contributed by atoms with van der Waals surface area (Å²) in [7, 11) is -4.27. The van der Waals surface area contributed by atoms with E-state index in [1.54, 1.807) is 44.4 Å². The lowest BCUT2D eigenvalue weighted by Gasteiger charge is -2.10. The molecule has 5 nitrogen and oxygen atoms in total. The molecule has 7 heteroatoms. The summed E-state index contributed by atoms with van der Waals surface area (Å²) >= 11 is 0. The third-order valence-electron chi connectivity index (χ3n) is 2.27. The summed E-state index contributed by atoms with van der Waals surface area (Å²) < 4.78 is 37.2. The lowest BCUT2D eigenvalue weighted by Crippen LogP contribution is -2.30. The number of benzene rings is 1. The van der Waals surface area contributed by atoms with Crippen LogP contribution in [0, 0.1) is 0 Å². The van der Waals surface area contributed by atoms with Crippen LogP contribution in [0.15, 0.2) is 29.2 Å². The molecular weight excluding hydrogens is 284 g/mol. The van der Waals surface area contributed by atoms with E-state index >= 15 is 0 Å². The second-order valence-corrected chi connectivity index (χ2v) is 7.77. The lowest BCUT2D eigenvalue weighted by molar-refractivity contribution is 0.570. The molecule has 0 bridgehead atoms. The van der Waals surface area contributed by atoms with Crippen LogP contribution in [0.3, 0.4) is 0 Å². The van der Waals surface area contributed by atoms with Crippen molar-refractivity contribution in [3.8, 4) is 0 Å². The number of hydrogen-bond acceptors (Lipinski definition) is 4. The molecule has 108 valence electrons. The zero-order valence-electron chi connectivity index (χ0n) is 11.3. The van der Waals surface area contributed by atoms with Crippen LogP contribution >= 0.6 is 0 Å². The molecule has 0 aliphatic rings. The molecule has 0 amide bonds. The standard InChI is InChI=1S/C12H20N2O3S2/c1-10(2)14-19(16,17)12-6-4-11(5-7-12)13-8-9-18(3)15/h4-7,10,13-14H,8-9H2,1-3H3. The predicted molar refractivity (Wildman–Crippen MR) is 79.3 cm³/mol. The molecule has 0 fully saturated rings. The maximum Gasteiger partial charge on any atom is 0.240 e. The highest BCUT2D eigenvalue weighted by Gasteiger charge is 2.14. The van der Waals surface area contributed by atoms with Crippen LogP contribution in [0.1, 0.15) is 13.8 Å². The van der Waals surface area contributed by atoms with Crippen molar-refractivity contribution < 1.29 is 12.6 Å². The van der Waals surface area contributed by atoms with Gasteiger partial charge in [-0.3, -0.25) is 4.21 Å². The van der Waals surface area contributed by atoms with Crippen LogP contribution in [0.5, 0.6) is 0 Å². The van der Waals surface area contributed by atoms with E-state index in [1.807, 2.05) is 0 Å². The zero-order valence-corrected chi connectivity index (χ0v) is 13.0. The molecule has 0 spiro atoms. The van der Waals surface area contributed by atoms with E-state index in [2.05, 4.69) is 10.0 Å². The van der Waals surface area contributed by atoms with Crippen molar-refractivity contribution in [3.05, 3.63) is 24.3 Å². The average Bonchev–Trinajstić information content (AvgIpc) is 2.27. The molecule has 0 aliphatic carbocycles. The van der Waals surface area contributed by atoms with E-state index in [9.17, 15) is 12.6 Å². The smallest absolute Gasteiger partial charge is 0.240 e. The van der Waals surface area contributed by atoms with E-state index in [-0.39, 0.29) is 10.9 Å². The number of sulfonamides is 1. The fraction of sp³-hybridized carbons (Fsp3) is 0.500. The lowest BCUT2D eigenvalue weighted by atomic mass is 10.3. The van der Waals surface area contributed by atoms with Gasteiger partial charge in [0.15, 0.2) is 0 Å². The Bertz CT molecular complexity index is 524. The molecule has 1 aromatic carbocycles. The fourth-order valence-corrected chi connectivity index (χ4v) is 3.11. The molecule has 1 unspecified atom stereocenters. The molecule has 0 aliphatic heterocycles. The van der Waals surface area contributed by atoms with Gasteiger partial charge in [-0.15, -0.1) is 0 Å². The Balaban J connectivity index is 2.68. The zero-order chi connectivity index (χ0) is 14.5. The number of anilines is 1. The van der Waals surface area contributed by atoms with Crippen molar-refractivity contribution in [2.75, 3.05) is 23.9 Å². The van der Waals surface area contributed by atoms with Crippen LogP contribution in [0.25, 0.3) is 0 Å². The van der Waals surface area contributed by atoms with Crippen molar-refractivity contribution in [2.24, 2.45) is 0 Å². The average molecular weight is 304 g/mol. The van der Waals surface area contributed by atoms with Crippen LogP contribution < -0.4 is 10.0 Å². The topological polar surface area (TPSA) is 75.3 Å². The molecule has 0 saturated heterocycles. The third kappa shape index (κ3) is 5.71. The molecule has 1 aromatic rings. The summed E-state index contributed by atoms with van der Waals surface area (Å²) in [4.78, 5) is 0.241. The Morgan fingerprint density at radius 3 is 2.26 bits per heavy atom. The second kappa shape index (κ2) is 7.02. The Hall–Kier alpha value is -0.920. The normalized spacial score (nSPS) is 13.5. The third-order valence-corrected chi connectivity index (χ3v) is 4.73. The highest BCUT2D eigenvalue weighted by atomic mass is 32.2. The summed E-state index contributed by atoms with van der Waals surface area (Å²) in [6.07, 6.45) is 1.65. The largest absolute Gasteiger partial charge is 0.384 e. The molecule has 0 radical (unpaired) electrons. The molecule has 1 atom stereocenters. The van der Waals surface area contributed by atoms with Gasteiger partial charge >= 0.3 is 0 Å². The first-order valence-electron chi connectivity index (χ1n) is 5.97. The van der Waals surface area contributed by atoms with E-state index in [1.165, 1.54) is 0 Å². The van der Waals surface area contributed by atoms with E-state index in [0.29, 0.717) is 12.3 Å². The molecule has 19 heavy (non-hydrogen) atoms. The Morgan fingerprint density at radius 2 is 1.79 bits per heavy atom. The highest BCUT2D eigenvalue weighted by molar-refractivity contribution is 7.89. The molecule has 2 N–H and O–H groups in total. The van der Waals surface area contributed by atoms with Crippen molar-refractivity contribution in [3.63, 3.8) is 0 Å². The van der Waals surface area contributed by atoms with Crippen molar-refractivity contribution in [1.82, 2.24) is 4.72 Å². The molecular formula is C12H20N2O3S2. The first kappa shape index (κ1) is 16.1.